The molecule has 2 atom stereocenters. The molecule has 2 unspecified atom stereocenters. The van der Waals surface area contributed by atoms with Crippen molar-refractivity contribution in [2.75, 3.05) is 6.61 Å². The molecular formula is C14H21NO3. The maximum absolute atomic E-state index is 11.6. The number of carbonyl (C=O) groups excluding carboxylic acids is 1. The number of aliphatic hydroxyl groups excluding tert-OH is 1. The number of rotatable bonds is 3. The van der Waals surface area contributed by atoms with Crippen LogP contribution in [-0.2, 0) is 4.74 Å². The standard InChI is InChI=1S/C14H21NO3/c16-13-9-5-4-8-12(13)15-14(17)18-10-11-6-2-1-3-7-11/h2,6-7,12-13,16H,1,3-5,8-10H2,(H,15,17). The number of hydrogen-bond donors (Lipinski definition) is 2. The summed E-state index contributed by atoms with van der Waals surface area (Å²) in [5.74, 6) is 0. The molecule has 0 spiro atoms. The van der Waals surface area contributed by atoms with E-state index < -0.39 is 12.2 Å². The molecule has 0 radical (unpaired) electrons. The molecule has 4 nitrogen and oxygen atoms in total. The lowest BCUT2D eigenvalue weighted by atomic mass is 9.93. The molecule has 1 saturated carbocycles. The minimum absolute atomic E-state index is 0.151. The first-order valence-corrected chi connectivity index (χ1v) is 6.72. The Morgan fingerprint density at radius 3 is 2.94 bits per heavy atom. The molecule has 0 aromatic heterocycles. The van der Waals surface area contributed by atoms with Crippen molar-refractivity contribution in [3.05, 3.63) is 23.8 Å². The van der Waals surface area contributed by atoms with Gasteiger partial charge in [-0.2, -0.15) is 0 Å². The number of hydrogen-bond acceptors (Lipinski definition) is 3. The van der Waals surface area contributed by atoms with Crippen molar-refractivity contribution in [3.8, 4) is 0 Å². The second-order valence-corrected chi connectivity index (χ2v) is 4.94. The molecular weight excluding hydrogens is 230 g/mol. The van der Waals surface area contributed by atoms with E-state index in [2.05, 4.69) is 17.5 Å². The summed E-state index contributed by atoms with van der Waals surface area (Å²) in [4.78, 5) is 11.6. The highest BCUT2D eigenvalue weighted by Crippen LogP contribution is 2.18. The zero-order valence-electron chi connectivity index (χ0n) is 10.6. The fraction of sp³-hybridized carbons (Fsp3) is 0.643. The number of aliphatic hydroxyl groups is 1. The molecule has 2 rings (SSSR count). The van der Waals surface area contributed by atoms with E-state index in [4.69, 9.17) is 4.74 Å². The Bertz CT molecular complexity index is 349. The predicted molar refractivity (Wildman–Crippen MR) is 69.2 cm³/mol. The highest BCUT2D eigenvalue weighted by atomic mass is 16.5. The van der Waals surface area contributed by atoms with Crippen molar-refractivity contribution in [1.82, 2.24) is 5.32 Å². The normalized spacial score (nSPS) is 27.5. The molecule has 1 amide bonds. The van der Waals surface area contributed by atoms with Crippen LogP contribution in [0.25, 0.3) is 0 Å². The average molecular weight is 251 g/mol. The first-order chi connectivity index (χ1) is 8.75. The van der Waals surface area contributed by atoms with Crippen molar-refractivity contribution in [2.24, 2.45) is 0 Å². The Morgan fingerprint density at radius 2 is 2.22 bits per heavy atom. The van der Waals surface area contributed by atoms with Gasteiger partial charge in [-0.3, -0.25) is 0 Å². The zero-order chi connectivity index (χ0) is 12.8. The number of nitrogens with one attached hydrogen (secondary N) is 1. The summed E-state index contributed by atoms with van der Waals surface area (Å²) >= 11 is 0. The number of amides is 1. The molecule has 100 valence electrons. The summed E-state index contributed by atoms with van der Waals surface area (Å²) in [6.45, 7) is 0.311. The highest BCUT2D eigenvalue weighted by molar-refractivity contribution is 5.68. The largest absolute Gasteiger partial charge is 0.445 e. The van der Waals surface area contributed by atoms with Gasteiger partial charge in [-0.25, -0.2) is 4.79 Å². The molecule has 2 aliphatic carbocycles. The molecule has 1 fully saturated rings. The third-order valence-corrected chi connectivity index (χ3v) is 3.47. The van der Waals surface area contributed by atoms with Gasteiger partial charge in [0.25, 0.3) is 0 Å². The van der Waals surface area contributed by atoms with Crippen molar-refractivity contribution < 1.29 is 14.6 Å². The molecule has 0 saturated heterocycles. The fourth-order valence-corrected chi connectivity index (χ4v) is 2.40. The lowest BCUT2D eigenvalue weighted by Gasteiger charge is -2.27. The minimum atomic E-state index is -0.430. The van der Waals surface area contributed by atoms with E-state index in [-0.39, 0.29) is 6.04 Å². The zero-order valence-corrected chi connectivity index (χ0v) is 10.6. The lowest BCUT2D eigenvalue weighted by molar-refractivity contribution is 0.0819. The van der Waals surface area contributed by atoms with E-state index in [1.807, 2.05) is 6.08 Å². The fourth-order valence-electron chi connectivity index (χ4n) is 2.40. The third-order valence-electron chi connectivity index (χ3n) is 3.47. The van der Waals surface area contributed by atoms with Crippen LogP contribution in [0.5, 0.6) is 0 Å². The Morgan fingerprint density at radius 1 is 1.39 bits per heavy atom. The Hall–Kier alpha value is -1.29. The Balaban J connectivity index is 1.71. The molecule has 0 aliphatic heterocycles. The average Bonchev–Trinajstić information content (AvgIpc) is 2.40. The quantitative estimate of drug-likeness (QED) is 0.809. The third kappa shape index (κ3) is 3.88. The van der Waals surface area contributed by atoms with Crippen LogP contribution in [0, 0.1) is 0 Å². The van der Waals surface area contributed by atoms with Crippen LogP contribution in [-0.4, -0.2) is 30.0 Å². The van der Waals surface area contributed by atoms with E-state index in [0.29, 0.717) is 6.61 Å². The van der Waals surface area contributed by atoms with Crippen molar-refractivity contribution >= 4 is 6.09 Å². The van der Waals surface area contributed by atoms with Crippen LogP contribution < -0.4 is 5.32 Å². The van der Waals surface area contributed by atoms with Crippen molar-refractivity contribution in [1.29, 1.82) is 0 Å². The summed E-state index contributed by atoms with van der Waals surface area (Å²) < 4.78 is 5.15. The van der Waals surface area contributed by atoms with Gasteiger partial charge in [-0.05, 0) is 31.3 Å². The molecule has 0 heterocycles. The van der Waals surface area contributed by atoms with Gasteiger partial charge < -0.3 is 15.2 Å². The van der Waals surface area contributed by atoms with Crippen LogP contribution in [0.15, 0.2) is 23.8 Å². The van der Waals surface area contributed by atoms with Crippen LogP contribution in [0.2, 0.25) is 0 Å². The Labute approximate surface area is 108 Å². The van der Waals surface area contributed by atoms with Gasteiger partial charge in [0.15, 0.2) is 0 Å². The van der Waals surface area contributed by atoms with Crippen LogP contribution in [0.3, 0.4) is 0 Å². The van der Waals surface area contributed by atoms with E-state index in [1.54, 1.807) is 0 Å². The first kappa shape index (κ1) is 13.1. The van der Waals surface area contributed by atoms with E-state index >= 15 is 0 Å². The van der Waals surface area contributed by atoms with Crippen LogP contribution in [0.4, 0.5) is 4.79 Å². The summed E-state index contributed by atoms with van der Waals surface area (Å²) in [6.07, 6.45) is 11.1. The summed E-state index contributed by atoms with van der Waals surface area (Å²) in [7, 11) is 0. The number of ether oxygens (including phenoxy) is 1. The van der Waals surface area contributed by atoms with Gasteiger partial charge in [0, 0.05) is 0 Å². The van der Waals surface area contributed by atoms with Crippen molar-refractivity contribution in [3.63, 3.8) is 0 Å². The highest BCUT2D eigenvalue weighted by Gasteiger charge is 2.24. The van der Waals surface area contributed by atoms with E-state index in [9.17, 15) is 9.90 Å². The van der Waals surface area contributed by atoms with Gasteiger partial charge in [0.1, 0.15) is 6.61 Å². The molecule has 0 bridgehead atoms. The minimum Gasteiger partial charge on any atom is -0.445 e. The second-order valence-electron chi connectivity index (χ2n) is 4.94. The van der Waals surface area contributed by atoms with Gasteiger partial charge in [-0.15, -0.1) is 0 Å². The van der Waals surface area contributed by atoms with E-state index in [1.165, 1.54) is 0 Å². The summed E-state index contributed by atoms with van der Waals surface area (Å²) in [5, 5.41) is 12.5. The maximum Gasteiger partial charge on any atom is 0.407 e. The van der Waals surface area contributed by atoms with Crippen LogP contribution in [0.1, 0.15) is 38.5 Å². The van der Waals surface area contributed by atoms with E-state index in [0.717, 1.165) is 44.1 Å². The molecule has 2 N–H and O–H groups in total. The smallest absolute Gasteiger partial charge is 0.407 e. The van der Waals surface area contributed by atoms with Crippen LogP contribution >= 0.6 is 0 Å². The number of alkyl carbamates (subject to hydrolysis) is 1. The SMILES string of the molecule is O=C(NC1CCCCC1O)OCC1=CCCC=C1. The van der Waals surface area contributed by atoms with Crippen molar-refractivity contribution in [2.45, 2.75) is 50.7 Å². The maximum atomic E-state index is 11.6. The number of allylic oxidation sites excluding steroid dienone is 2. The Kier molecular flexibility index (Phi) is 4.81. The molecule has 0 aromatic carbocycles. The monoisotopic (exact) mass is 251 g/mol. The van der Waals surface area contributed by atoms with Gasteiger partial charge in [0.2, 0.25) is 0 Å². The molecule has 18 heavy (non-hydrogen) atoms. The summed E-state index contributed by atoms with van der Waals surface area (Å²) in [6, 6.07) is -0.151. The second kappa shape index (κ2) is 6.59. The first-order valence-electron chi connectivity index (χ1n) is 6.72. The number of carbonyl (C=O) groups is 1. The predicted octanol–water partition coefficient (Wildman–Crippen LogP) is 2.29. The lowest BCUT2D eigenvalue weighted by Crippen LogP contribution is -2.45. The van der Waals surface area contributed by atoms with Gasteiger partial charge in [0.05, 0.1) is 12.1 Å². The van der Waals surface area contributed by atoms with Gasteiger partial charge in [-0.1, -0.05) is 31.1 Å². The molecule has 2 aliphatic rings. The topological polar surface area (TPSA) is 58.6 Å². The van der Waals surface area contributed by atoms with Gasteiger partial charge >= 0.3 is 6.09 Å². The molecule has 4 heteroatoms. The summed E-state index contributed by atoms with van der Waals surface area (Å²) in [5.41, 5.74) is 1.04. The molecule has 0 aromatic rings.